The lowest BCUT2D eigenvalue weighted by Crippen LogP contribution is -2.50. The van der Waals surface area contributed by atoms with Crippen molar-refractivity contribution in [2.24, 2.45) is 0 Å². The van der Waals surface area contributed by atoms with Gasteiger partial charge >= 0.3 is 0 Å². The number of likely N-dealkylation sites (tertiary alicyclic amines) is 1. The molecular weight excluding hydrogens is 262 g/mol. The number of carbonyl (C=O) groups is 1. The summed E-state index contributed by atoms with van der Waals surface area (Å²) in [5.74, 6) is -0.0394. The summed E-state index contributed by atoms with van der Waals surface area (Å²) < 4.78 is 0. The molecule has 2 unspecified atom stereocenters. The third-order valence-electron chi connectivity index (χ3n) is 3.43. The Morgan fingerprint density at radius 3 is 2.79 bits per heavy atom. The van der Waals surface area contributed by atoms with Crippen LogP contribution in [-0.4, -0.2) is 49.0 Å². The molecule has 2 rings (SSSR count). The fourth-order valence-corrected chi connectivity index (χ4v) is 2.60. The van der Waals surface area contributed by atoms with Crippen molar-refractivity contribution in [3.8, 4) is 0 Å². The highest BCUT2D eigenvalue weighted by molar-refractivity contribution is 6.20. The molecular formula is C14H20ClN3O. The van der Waals surface area contributed by atoms with E-state index < -0.39 is 0 Å². The van der Waals surface area contributed by atoms with E-state index in [0.717, 1.165) is 19.5 Å². The van der Waals surface area contributed by atoms with E-state index >= 15 is 0 Å². The molecule has 1 fully saturated rings. The number of hydrogen-bond donors (Lipinski definition) is 2. The van der Waals surface area contributed by atoms with E-state index in [0.29, 0.717) is 12.1 Å². The summed E-state index contributed by atoms with van der Waals surface area (Å²) in [6.07, 6.45) is 1.14. The number of nitrogens with zero attached hydrogens (tertiary/aromatic N) is 1. The predicted octanol–water partition coefficient (Wildman–Crippen LogP) is 1.27. The number of amides is 1. The average molecular weight is 282 g/mol. The summed E-state index contributed by atoms with van der Waals surface area (Å²) in [6.45, 7) is 2.42. The lowest BCUT2D eigenvalue weighted by molar-refractivity contribution is 0.0932. The summed E-state index contributed by atoms with van der Waals surface area (Å²) in [5.41, 5.74) is 0.689. The maximum Gasteiger partial charge on any atom is 0.251 e. The second-order valence-corrected chi connectivity index (χ2v) is 5.38. The van der Waals surface area contributed by atoms with Crippen molar-refractivity contribution >= 4 is 17.5 Å². The molecule has 0 radical (unpaired) electrons. The van der Waals surface area contributed by atoms with Gasteiger partial charge in [0.25, 0.3) is 5.91 Å². The molecule has 1 aromatic carbocycles. The zero-order valence-corrected chi connectivity index (χ0v) is 11.9. The SMILES string of the molecule is CNC(CNC(=O)c1ccccc1)N1CCC(Cl)C1. The van der Waals surface area contributed by atoms with E-state index in [1.807, 2.05) is 37.4 Å². The summed E-state index contributed by atoms with van der Waals surface area (Å²) >= 11 is 6.11. The molecule has 5 heteroatoms. The normalized spacial score (nSPS) is 21.3. The van der Waals surface area contributed by atoms with Gasteiger partial charge in [0.05, 0.1) is 6.17 Å². The minimum absolute atomic E-state index is 0.0394. The van der Waals surface area contributed by atoms with Gasteiger partial charge in [0, 0.05) is 30.6 Å². The van der Waals surface area contributed by atoms with E-state index in [4.69, 9.17) is 11.6 Å². The Morgan fingerprint density at radius 2 is 2.21 bits per heavy atom. The standard InChI is InChI=1S/C14H20ClN3O/c1-16-13(18-8-7-12(15)10-18)9-17-14(19)11-5-3-2-4-6-11/h2-6,12-13,16H,7-10H2,1H3,(H,17,19). The van der Waals surface area contributed by atoms with Crippen LogP contribution >= 0.6 is 11.6 Å². The van der Waals surface area contributed by atoms with Crippen LogP contribution in [0, 0.1) is 0 Å². The van der Waals surface area contributed by atoms with Gasteiger partial charge in [-0.15, -0.1) is 11.6 Å². The number of halogens is 1. The quantitative estimate of drug-likeness (QED) is 0.799. The summed E-state index contributed by atoms with van der Waals surface area (Å²) in [5, 5.41) is 6.40. The molecule has 0 saturated carbocycles. The van der Waals surface area contributed by atoms with Crippen molar-refractivity contribution < 1.29 is 4.79 Å². The molecule has 2 N–H and O–H groups in total. The van der Waals surface area contributed by atoms with Gasteiger partial charge in [-0.2, -0.15) is 0 Å². The van der Waals surface area contributed by atoms with Gasteiger partial charge in [-0.1, -0.05) is 18.2 Å². The summed E-state index contributed by atoms with van der Waals surface area (Å²) in [6, 6.07) is 9.26. The molecule has 1 amide bonds. The molecule has 0 spiro atoms. The van der Waals surface area contributed by atoms with E-state index in [9.17, 15) is 4.79 Å². The third-order valence-corrected chi connectivity index (χ3v) is 3.78. The van der Waals surface area contributed by atoms with Gasteiger partial charge in [-0.3, -0.25) is 9.69 Å². The first-order valence-corrected chi connectivity index (χ1v) is 7.03. The second-order valence-electron chi connectivity index (χ2n) is 4.76. The van der Waals surface area contributed by atoms with E-state index in [-0.39, 0.29) is 17.5 Å². The Labute approximate surface area is 119 Å². The molecule has 2 atom stereocenters. The Kier molecular flexibility index (Phi) is 5.19. The van der Waals surface area contributed by atoms with Crippen LogP contribution < -0.4 is 10.6 Å². The van der Waals surface area contributed by atoms with Crippen molar-refractivity contribution in [2.45, 2.75) is 18.0 Å². The lowest BCUT2D eigenvalue weighted by atomic mass is 10.2. The second kappa shape index (κ2) is 6.89. The number of nitrogens with one attached hydrogen (secondary N) is 2. The number of likely N-dealkylation sites (N-methyl/N-ethyl adjacent to an activating group) is 1. The van der Waals surface area contributed by atoms with Crippen LogP contribution in [0.15, 0.2) is 30.3 Å². The first kappa shape index (κ1) is 14.3. The Balaban J connectivity index is 1.85. The van der Waals surface area contributed by atoms with Gasteiger partial charge in [-0.25, -0.2) is 0 Å². The largest absolute Gasteiger partial charge is 0.349 e. The topological polar surface area (TPSA) is 44.4 Å². The molecule has 0 aliphatic carbocycles. The van der Waals surface area contributed by atoms with Crippen molar-refractivity contribution in [1.82, 2.24) is 15.5 Å². The van der Waals surface area contributed by atoms with Gasteiger partial charge in [0.15, 0.2) is 0 Å². The third kappa shape index (κ3) is 3.93. The van der Waals surface area contributed by atoms with Crippen LogP contribution in [0.5, 0.6) is 0 Å². The number of benzene rings is 1. The van der Waals surface area contributed by atoms with Crippen molar-refractivity contribution in [2.75, 3.05) is 26.7 Å². The van der Waals surface area contributed by atoms with Crippen LogP contribution in [0.1, 0.15) is 16.8 Å². The molecule has 1 heterocycles. The highest BCUT2D eigenvalue weighted by Gasteiger charge is 2.26. The first-order valence-electron chi connectivity index (χ1n) is 6.59. The van der Waals surface area contributed by atoms with Crippen molar-refractivity contribution in [3.05, 3.63) is 35.9 Å². The van der Waals surface area contributed by atoms with Gasteiger partial charge in [0.1, 0.15) is 0 Å². The molecule has 1 aromatic rings. The molecule has 104 valence electrons. The lowest BCUT2D eigenvalue weighted by Gasteiger charge is -2.27. The number of hydrogen-bond acceptors (Lipinski definition) is 3. The molecule has 0 bridgehead atoms. The first-order chi connectivity index (χ1) is 9.20. The summed E-state index contributed by atoms with van der Waals surface area (Å²) in [7, 11) is 1.90. The van der Waals surface area contributed by atoms with Crippen molar-refractivity contribution in [3.63, 3.8) is 0 Å². The van der Waals surface area contributed by atoms with Gasteiger partial charge < -0.3 is 10.6 Å². The van der Waals surface area contributed by atoms with Crippen LogP contribution in [0.4, 0.5) is 0 Å². The van der Waals surface area contributed by atoms with E-state index in [1.54, 1.807) is 0 Å². The Morgan fingerprint density at radius 1 is 1.47 bits per heavy atom. The number of carbonyl (C=O) groups excluding carboxylic acids is 1. The van der Waals surface area contributed by atoms with Gasteiger partial charge in [-0.05, 0) is 25.6 Å². The maximum atomic E-state index is 12.0. The number of alkyl halides is 1. The molecule has 4 nitrogen and oxygen atoms in total. The maximum absolute atomic E-state index is 12.0. The predicted molar refractivity (Wildman–Crippen MR) is 77.5 cm³/mol. The van der Waals surface area contributed by atoms with Crippen molar-refractivity contribution in [1.29, 1.82) is 0 Å². The summed E-state index contributed by atoms with van der Waals surface area (Å²) in [4.78, 5) is 14.2. The van der Waals surface area contributed by atoms with Crippen LogP contribution in [0.25, 0.3) is 0 Å². The fraction of sp³-hybridized carbons (Fsp3) is 0.500. The van der Waals surface area contributed by atoms with E-state index in [1.165, 1.54) is 0 Å². The zero-order valence-electron chi connectivity index (χ0n) is 11.1. The average Bonchev–Trinajstić information content (AvgIpc) is 2.87. The molecule has 1 saturated heterocycles. The minimum atomic E-state index is -0.0394. The monoisotopic (exact) mass is 281 g/mol. The van der Waals surface area contributed by atoms with Gasteiger partial charge in [0.2, 0.25) is 0 Å². The smallest absolute Gasteiger partial charge is 0.251 e. The highest BCUT2D eigenvalue weighted by Crippen LogP contribution is 2.16. The fourth-order valence-electron chi connectivity index (χ4n) is 2.32. The molecule has 19 heavy (non-hydrogen) atoms. The van der Waals surface area contributed by atoms with Crippen LogP contribution in [-0.2, 0) is 0 Å². The Bertz CT molecular complexity index is 412. The highest BCUT2D eigenvalue weighted by atomic mass is 35.5. The van der Waals surface area contributed by atoms with E-state index in [2.05, 4.69) is 15.5 Å². The Hall–Kier alpha value is -1.10. The number of rotatable bonds is 5. The zero-order chi connectivity index (χ0) is 13.7. The molecule has 1 aliphatic rings. The minimum Gasteiger partial charge on any atom is -0.349 e. The van der Waals surface area contributed by atoms with Crippen LogP contribution in [0.3, 0.4) is 0 Å². The molecule has 0 aromatic heterocycles. The van der Waals surface area contributed by atoms with Crippen LogP contribution in [0.2, 0.25) is 0 Å². The molecule has 1 aliphatic heterocycles.